The first-order chi connectivity index (χ1) is 2.41. The predicted molar refractivity (Wildman–Crippen MR) is 25.9 cm³/mol. The monoisotopic (exact) mass is 70.1 g/mol. The summed E-state index contributed by atoms with van der Waals surface area (Å²) in [4.78, 5) is 0. The smallest absolute Gasteiger partial charge is 0.0590 e. The summed E-state index contributed by atoms with van der Waals surface area (Å²) in [6.45, 7) is 4.25. The van der Waals surface area contributed by atoms with Crippen LogP contribution in [0.4, 0.5) is 0 Å². The Bertz CT molecular complexity index is 11.2. The fraction of sp³-hybridized carbons (Fsp3) is 0.600. The van der Waals surface area contributed by atoms with Crippen LogP contribution in [0.25, 0.3) is 0 Å². The van der Waals surface area contributed by atoms with Gasteiger partial charge in [-0.2, -0.15) is 0 Å². The lowest BCUT2D eigenvalue weighted by Crippen LogP contribution is -1.27. The van der Waals surface area contributed by atoms with E-state index in [0.717, 1.165) is 0 Å². The highest BCUT2D eigenvalue weighted by Gasteiger charge is 1.35. The minimum absolute atomic E-state index is 1.25. The molecule has 0 spiro atoms. The quantitative estimate of drug-likeness (QED) is 0.380. The van der Waals surface area contributed by atoms with E-state index in [9.17, 15) is 0 Å². The summed E-state index contributed by atoms with van der Waals surface area (Å²) in [5.41, 5.74) is 0. The van der Waals surface area contributed by atoms with Crippen molar-refractivity contribution in [3.63, 3.8) is 0 Å². The van der Waals surface area contributed by atoms with Crippen molar-refractivity contribution >= 4 is 0 Å². The first kappa shape index (κ1) is 8.82. The van der Waals surface area contributed by atoms with Crippen LogP contribution in [0, 0.1) is 12.8 Å². The van der Waals surface area contributed by atoms with E-state index in [1.807, 2.05) is 0 Å². The summed E-state index contributed by atoms with van der Waals surface area (Å²) in [7, 11) is 0. The highest BCUT2D eigenvalue weighted by atomic mass is 13.4. The highest BCUT2D eigenvalue weighted by Crippen LogP contribution is 1.56. The molecule has 0 heterocycles. The van der Waals surface area contributed by atoms with Crippen molar-refractivity contribution in [1.82, 2.24) is 0 Å². The molecule has 0 aliphatic rings. The van der Waals surface area contributed by atoms with Crippen molar-refractivity contribution in [1.29, 1.82) is 0 Å². The third kappa shape index (κ3) is 44.8. The largest absolute Gasteiger partial charge is 0.124 e. The maximum Gasteiger partial charge on any atom is -0.0590 e. The lowest BCUT2D eigenvalue weighted by Gasteiger charge is -1.48. The Morgan fingerprint density at radius 1 is 1.20 bits per heavy atom. The minimum atomic E-state index is 1.25. The van der Waals surface area contributed by atoms with Crippen LogP contribution in [0.15, 0.2) is 0 Å². The van der Waals surface area contributed by atoms with Gasteiger partial charge in [0, 0.05) is 0 Å². The second kappa shape index (κ2) is 74.4. The maximum atomic E-state index is 4.00. The van der Waals surface area contributed by atoms with E-state index >= 15 is 0 Å². The molecule has 0 aliphatic heterocycles. The third-order valence-electron chi connectivity index (χ3n) is 0. The van der Waals surface area contributed by atoms with Crippen molar-refractivity contribution in [2.45, 2.75) is 20.3 Å². The molecule has 0 amide bonds. The summed E-state index contributed by atoms with van der Waals surface area (Å²) in [6.07, 6.45) is 9.25. The van der Waals surface area contributed by atoms with Gasteiger partial charge in [-0.3, -0.25) is 0 Å². The number of terminal acetylenes is 1. The van der Waals surface area contributed by atoms with Crippen LogP contribution >= 0.6 is 0 Å². The Morgan fingerprint density at radius 2 is 1.20 bits per heavy atom. The van der Waals surface area contributed by atoms with E-state index in [1.165, 1.54) is 6.42 Å². The molecule has 0 N–H and O–H groups in total. The molecule has 0 saturated carbocycles. The van der Waals surface area contributed by atoms with Crippen LogP contribution in [-0.4, -0.2) is 0 Å². The maximum absolute atomic E-state index is 4.00. The van der Waals surface area contributed by atoms with Crippen LogP contribution < -0.4 is 0 Å². The molecular formula is C5H10. The second-order valence-corrected chi connectivity index (χ2v) is 0.707. The average molecular weight is 70.1 g/mol. The summed E-state index contributed by atoms with van der Waals surface area (Å²) in [6, 6.07) is 0. The molecule has 5 heavy (non-hydrogen) atoms. The number of rotatable bonds is 0. The van der Waals surface area contributed by atoms with Crippen LogP contribution in [0.5, 0.6) is 0 Å². The zero-order valence-electron chi connectivity index (χ0n) is 3.86. The van der Waals surface area contributed by atoms with Crippen molar-refractivity contribution < 1.29 is 0 Å². The first-order valence-electron chi connectivity index (χ1n) is 1.75. The molecule has 0 bridgehead atoms. The Balaban J connectivity index is 0. The second-order valence-electron chi connectivity index (χ2n) is 0.707. The van der Waals surface area contributed by atoms with E-state index < -0.39 is 0 Å². The van der Waals surface area contributed by atoms with Gasteiger partial charge >= 0.3 is 0 Å². The van der Waals surface area contributed by atoms with Crippen molar-refractivity contribution in [2.75, 3.05) is 0 Å². The number of hydrogen-bond donors (Lipinski definition) is 0. The van der Waals surface area contributed by atoms with Crippen LogP contribution in [0.3, 0.4) is 0 Å². The summed E-state index contributed by atoms with van der Waals surface area (Å²) in [5, 5.41) is 0. The highest BCUT2D eigenvalue weighted by molar-refractivity contribution is 4.47. The third-order valence-corrected chi connectivity index (χ3v) is 0. The van der Waals surface area contributed by atoms with Gasteiger partial charge in [0.25, 0.3) is 0 Å². The fourth-order valence-corrected chi connectivity index (χ4v) is 0. The van der Waals surface area contributed by atoms with Crippen molar-refractivity contribution in [3.05, 3.63) is 0 Å². The number of hydrogen-bond acceptors (Lipinski definition) is 0. The van der Waals surface area contributed by atoms with Gasteiger partial charge in [-0.1, -0.05) is 20.3 Å². The average Bonchev–Trinajstić information content (AvgIpc) is 1.46. The lowest BCUT2D eigenvalue weighted by atomic mass is 10.6. The Hall–Kier alpha value is -0.440. The Labute approximate surface area is 34.2 Å². The van der Waals surface area contributed by atoms with Gasteiger partial charge in [0.15, 0.2) is 0 Å². The summed E-state index contributed by atoms with van der Waals surface area (Å²) < 4.78 is 0. The van der Waals surface area contributed by atoms with Crippen molar-refractivity contribution in [3.8, 4) is 12.8 Å². The SMILES string of the molecule is C#C.CCC. The first-order valence-corrected chi connectivity index (χ1v) is 1.75. The zero-order chi connectivity index (χ0) is 4.71. The van der Waals surface area contributed by atoms with Gasteiger partial charge in [0.2, 0.25) is 0 Å². The molecule has 0 atom stereocenters. The molecule has 0 nitrogen and oxygen atoms in total. The molecule has 0 radical (unpaired) electrons. The molecular weight excluding hydrogens is 60.1 g/mol. The summed E-state index contributed by atoms with van der Waals surface area (Å²) >= 11 is 0. The van der Waals surface area contributed by atoms with E-state index in [1.54, 1.807) is 0 Å². The molecule has 0 saturated heterocycles. The van der Waals surface area contributed by atoms with Gasteiger partial charge in [0.1, 0.15) is 0 Å². The van der Waals surface area contributed by atoms with Gasteiger partial charge in [0.05, 0.1) is 0 Å². The van der Waals surface area contributed by atoms with Gasteiger partial charge in [-0.05, 0) is 0 Å². The predicted octanol–water partition coefficient (Wildman–Crippen LogP) is 1.67. The van der Waals surface area contributed by atoms with Gasteiger partial charge in [-0.15, -0.1) is 12.8 Å². The van der Waals surface area contributed by atoms with Crippen LogP contribution in [0.2, 0.25) is 0 Å². The Morgan fingerprint density at radius 3 is 1.20 bits per heavy atom. The fourth-order valence-electron chi connectivity index (χ4n) is 0. The molecule has 0 aliphatic carbocycles. The molecule has 0 aromatic carbocycles. The molecule has 0 fully saturated rings. The van der Waals surface area contributed by atoms with Crippen LogP contribution in [0.1, 0.15) is 20.3 Å². The van der Waals surface area contributed by atoms with E-state index in [-0.39, 0.29) is 0 Å². The minimum Gasteiger partial charge on any atom is -0.124 e. The zero-order valence-corrected chi connectivity index (χ0v) is 3.86. The summed E-state index contributed by atoms with van der Waals surface area (Å²) in [5.74, 6) is 0. The normalized spacial score (nSPS) is 4.00. The van der Waals surface area contributed by atoms with E-state index in [0.29, 0.717) is 0 Å². The van der Waals surface area contributed by atoms with Gasteiger partial charge < -0.3 is 0 Å². The van der Waals surface area contributed by atoms with E-state index in [4.69, 9.17) is 0 Å². The standard InChI is InChI=1S/C3H8.C2H2/c1-3-2;1-2/h3H2,1-2H3;1-2H. The van der Waals surface area contributed by atoms with Crippen LogP contribution in [-0.2, 0) is 0 Å². The van der Waals surface area contributed by atoms with Crippen molar-refractivity contribution in [2.24, 2.45) is 0 Å². The molecule has 0 rings (SSSR count). The Kier molecular flexibility index (Phi) is 131. The van der Waals surface area contributed by atoms with Gasteiger partial charge in [-0.25, -0.2) is 0 Å². The topological polar surface area (TPSA) is 0 Å². The molecule has 0 aromatic heterocycles. The molecule has 0 heteroatoms. The lowest BCUT2D eigenvalue weighted by molar-refractivity contribution is 1.09. The molecule has 30 valence electrons. The van der Waals surface area contributed by atoms with E-state index in [2.05, 4.69) is 26.7 Å². The molecule has 0 unspecified atom stereocenters. The molecule has 0 aromatic rings.